The van der Waals surface area contributed by atoms with Gasteiger partial charge in [0.05, 0.1) is 12.7 Å². The molecule has 2 aliphatic heterocycles. The van der Waals surface area contributed by atoms with E-state index in [0.717, 1.165) is 24.9 Å². The molecule has 2 heterocycles. The standard InChI is InChI=1S/C13H15F2NO/c14-8-3-4-9-10(6-8)11(15)7-17-13(9)12-2-1-5-16-12/h3-4,6,11-13,16H,1-2,5,7H2/t11-,12?,13-/m1/s1. The lowest BCUT2D eigenvalue weighted by molar-refractivity contribution is -0.0180. The van der Waals surface area contributed by atoms with Gasteiger partial charge in [-0.3, -0.25) is 0 Å². The van der Waals surface area contributed by atoms with Gasteiger partial charge in [-0.25, -0.2) is 8.78 Å². The van der Waals surface area contributed by atoms with E-state index in [1.807, 2.05) is 0 Å². The molecule has 2 nitrogen and oxygen atoms in total. The number of nitrogens with one attached hydrogen (secondary N) is 1. The maximum atomic E-state index is 13.7. The largest absolute Gasteiger partial charge is 0.368 e. The van der Waals surface area contributed by atoms with Crippen molar-refractivity contribution < 1.29 is 13.5 Å². The van der Waals surface area contributed by atoms with Crippen LogP contribution in [-0.4, -0.2) is 19.2 Å². The number of hydrogen-bond donors (Lipinski definition) is 1. The van der Waals surface area contributed by atoms with E-state index in [1.54, 1.807) is 6.07 Å². The highest BCUT2D eigenvalue weighted by Gasteiger charge is 2.34. The average Bonchev–Trinajstić information content (AvgIpc) is 2.84. The van der Waals surface area contributed by atoms with E-state index in [0.29, 0.717) is 5.56 Å². The van der Waals surface area contributed by atoms with Gasteiger partial charge < -0.3 is 10.1 Å². The number of benzene rings is 1. The normalized spacial score (nSPS) is 32.5. The average molecular weight is 239 g/mol. The quantitative estimate of drug-likeness (QED) is 0.813. The lowest BCUT2D eigenvalue weighted by Crippen LogP contribution is -2.34. The number of hydrogen-bond acceptors (Lipinski definition) is 2. The van der Waals surface area contributed by atoms with Gasteiger partial charge >= 0.3 is 0 Å². The fourth-order valence-electron chi connectivity index (χ4n) is 2.75. The molecule has 0 radical (unpaired) electrons. The van der Waals surface area contributed by atoms with Gasteiger partial charge in [0.15, 0.2) is 0 Å². The first-order chi connectivity index (χ1) is 8.25. The molecule has 4 heteroatoms. The second-order valence-corrected chi connectivity index (χ2v) is 4.70. The maximum absolute atomic E-state index is 13.7. The van der Waals surface area contributed by atoms with Gasteiger partial charge in [-0.15, -0.1) is 0 Å². The van der Waals surface area contributed by atoms with Gasteiger partial charge in [0, 0.05) is 6.04 Å². The van der Waals surface area contributed by atoms with Crippen LogP contribution in [0.2, 0.25) is 0 Å². The van der Waals surface area contributed by atoms with Crippen molar-refractivity contribution in [2.75, 3.05) is 13.2 Å². The first kappa shape index (κ1) is 11.1. The van der Waals surface area contributed by atoms with Crippen LogP contribution in [0, 0.1) is 5.82 Å². The van der Waals surface area contributed by atoms with Crippen molar-refractivity contribution in [3.63, 3.8) is 0 Å². The third-order valence-electron chi connectivity index (χ3n) is 3.58. The van der Waals surface area contributed by atoms with Crippen LogP contribution in [0.5, 0.6) is 0 Å². The van der Waals surface area contributed by atoms with Crippen LogP contribution >= 0.6 is 0 Å². The predicted molar refractivity (Wildman–Crippen MR) is 60.0 cm³/mol. The molecule has 1 fully saturated rings. The van der Waals surface area contributed by atoms with E-state index in [4.69, 9.17) is 4.74 Å². The molecular formula is C13H15F2NO. The van der Waals surface area contributed by atoms with Crippen LogP contribution in [0.4, 0.5) is 8.78 Å². The summed E-state index contributed by atoms with van der Waals surface area (Å²) in [5, 5.41) is 3.36. The number of ether oxygens (including phenoxy) is 1. The Labute approximate surface area is 99.0 Å². The van der Waals surface area contributed by atoms with Gasteiger partial charge in [-0.05, 0) is 42.6 Å². The van der Waals surface area contributed by atoms with Crippen molar-refractivity contribution in [2.45, 2.75) is 31.2 Å². The second-order valence-electron chi connectivity index (χ2n) is 4.70. The summed E-state index contributed by atoms with van der Waals surface area (Å²) in [6, 6.07) is 4.56. The summed E-state index contributed by atoms with van der Waals surface area (Å²) in [5.41, 5.74) is 1.25. The van der Waals surface area contributed by atoms with Crippen LogP contribution in [0.1, 0.15) is 36.2 Å². The molecule has 3 atom stereocenters. The molecule has 1 aromatic carbocycles. The zero-order valence-electron chi connectivity index (χ0n) is 9.46. The molecule has 0 aliphatic carbocycles. The number of fused-ring (bicyclic) bond motifs is 1. The Morgan fingerprint density at radius 3 is 2.94 bits per heavy atom. The van der Waals surface area contributed by atoms with Crippen molar-refractivity contribution in [2.24, 2.45) is 0 Å². The Hall–Kier alpha value is -1.00. The number of rotatable bonds is 1. The van der Waals surface area contributed by atoms with E-state index in [9.17, 15) is 8.78 Å². The Bertz CT molecular complexity index is 418. The van der Waals surface area contributed by atoms with Crippen LogP contribution in [0.3, 0.4) is 0 Å². The van der Waals surface area contributed by atoms with Crippen LogP contribution in [0.25, 0.3) is 0 Å². The molecule has 1 unspecified atom stereocenters. The predicted octanol–water partition coefficient (Wildman–Crippen LogP) is 2.66. The third-order valence-corrected chi connectivity index (χ3v) is 3.58. The minimum atomic E-state index is -1.21. The van der Waals surface area contributed by atoms with Crippen LogP contribution in [-0.2, 0) is 4.74 Å². The summed E-state index contributed by atoms with van der Waals surface area (Å²) in [5.74, 6) is -0.383. The van der Waals surface area contributed by atoms with Crippen molar-refractivity contribution in [3.8, 4) is 0 Å². The summed E-state index contributed by atoms with van der Waals surface area (Å²) in [7, 11) is 0. The Morgan fingerprint density at radius 2 is 2.18 bits per heavy atom. The number of alkyl halides is 1. The van der Waals surface area contributed by atoms with E-state index >= 15 is 0 Å². The van der Waals surface area contributed by atoms with E-state index in [2.05, 4.69) is 5.32 Å². The Balaban J connectivity index is 1.96. The Kier molecular flexibility index (Phi) is 2.84. The van der Waals surface area contributed by atoms with Crippen molar-refractivity contribution in [1.82, 2.24) is 5.32 Å². The fourth-order valence-corrected chi connectivity index (χ4v) is 2.75. The van der Waals surface area contributed by atoms with Crippen LogP contribution in [0.15, 0.2) is 18.2 Å². The maximum Gasteiger partial charge on any atom is 0.149 e. The minimum Gasteiger partial charge on any atom is -0.368 e. The molecule has 1 aromatic rings. The highest BCUT2D eigenvalue weighted by molar-refractivity contribution is 5.34. The monoisotopic (exact) mass is 239 g/mol. The van der Waals surface area contributed by atoms with Crippen molar-refractivity contribution in [3.05, 3.63) is 35.1 Å². The molecule has 1 saturated heterocycles. The van der Waals surface area contributed by atoms with E-state index in [-0.39, 0.29) is 24.6 Å². The summed E-state index contributed by atoms with van der Waals surface area (Å²) >= 11 is 0. The molecule has 0 saturated carbocycles. The molecule has 92 valence electrons. The zero-order chi connectivity index (χ0) is 11.8. The van der Waals surface area contributed by atoms with Crippen LogP contribution < -0.4 is 5.32 Å². The molecule has 0 amide bonds. The third kappa shape index (κ3) is 1.96. The summed E-state index contributed by atoms with van der Waals surface area (Å²) in [6.07, 6.45) is 0.789. The summed E-state index contributed by atoms with van der Waals surface area (Å²) in [4.78, 5) is 0. The molecule has 0 aromatic heterocycles. The zero-order valence-corrected chi connectivity index (χ0v) is 9.46. The first-order valence-electron chi connectivity index (χ1n) is 6.04. The SMILES string of the molecule is Fc1ccc2c(c1)[C@H](F)CO[C@H]2C1CCCN1. The van der Waals surface area contributed by atoms with Gasteiger partial charge in [0.1, 0.15) is 12.0 Å². The lowest BCUT2D eigenvalue weighted by atomic mass is 9.91. The highest BCUT2D eigenvalue weighted by atomic mass is 19.1. The van der Waals surface area contributed by atoms with E-state index in [1.165, 1.54) is 12.1 Å². The minimum absolute atomic E-state index is 0.0271. The van der Waals surface area contributed by atoms with Gasteiger partial charge in [-0.1, -0.05) is 6.07 Å². The Morgan fingerprint density at radius 1 is 1.29 bits per heavy atom. The van der Waals surface area contributed by atoms with Gasteiger partial charge in [0.25, 0.3) is 0 Å². The van der Waals surface area contributed by atoms with Gasteiger partial charge in [0.2, 0.25) is 0 Å². The highest BCUT2D eigenvalue weighted by Crippen LogP contribution is 2.38. The van der Waals surface area contributed by atoms with Gasteiger partial charge in [-0.2, -0.15) is 0 Å². The van der Waals surface area contributed by atoms with E-state index < -0.39 is 6.17 Å². The summed E-state index contributed by atoms with van der Waals surface area (Å²) < 4.78 is 32.4. The number of halogens is 2. The molecule has 1 N–H and O–H groups in total. The molecule has 3 rings (SSSR count). The molecule has 0 bridgehead atoms. The van der Waals surface area contributed by atoms with Crippen molar-refractivity contribution >= 4 is 0 Å². The molecule has 0 spiro atoms. The molecule has 17 heavy (non-hydrogen) atoms. The first-order valence-corrected chi connectivity index (χ1v) is 6.04. The molecule has 2 aliphatic rings. The fraction of sp³-hybridized carbons (Fsp3) is 0.538. The smallest absolute Gasteiger partial charge is 0.149 e. The summed E-state index contributed by atoms with van der Waals surface area (Å²) in [6.45, 7) is 0.999. The van der Waals surface area contributed by atoms with Crippen molar-refractivity contribution in [1.29, 1.82) is 0 Å². The lowest BCUT2D eigenvalue weighted by Gasteiger charge is -2.32. The topological polar surface area (TPSA) is 21.3 Å². The second kappa shape index (κ2) is 4.35. The molecular weight excluding hydrogens is 224 g/mol.